The van der Waals surface area contributed by atoms with E-state index in [0.717, 1.165) is 44.6 Å². The summed E-state index contributed by atoms with van der Waals surface area (Å²) in [6.07, 6.45) is 3.24. The van der Waals surface area contributed by atoms with Gasteiger partial charge in [0.15, 0.2) is 0 Å². The summed E-state index contributed by atoms with van der Waals surface area (Å²) in [6, 6.07) is 17.0. The van der Waals surface area contributed by atoms with E-state index < -0.39 is 12.0 Å². The van der Waals surface area contributed by atoms with Gasteiger partial charge in [-0.1, -0.05) is 44.2 Å². The van der Waals surface area contributed by atoms with Crippen LogP contribution in [0, 0.1) is 5.92 Å². The maximum atomic E-state index is 12.5. The largest absolute Gasteiger partial charge is 0.490 e. The van der Waals surface area contributed by atoms with E-state index in [-0.39, 0.29) is 17.9 Å². The van der Waals surface area contributed by atoms with Gasteiger partial charge in [-0.3, -0.25) is 4.79 Å². The highest BCUT2D eigenvalue weighted by Crippen LogP contribution is 2.20. The van der Waals surface area contributed by atoms with Crippen LogP contribution in [0.15, 0.2) is 54.6 Å². The molecule has 1 aliphatic heterocycles. The van der Waals surface area contributed by atoms with Gasteiger partial charge in [0.2, 0.25) is 0 Å². The molecule has 1 heterocycles. The Labute approximate surface area is 190 Å². The molecule has 0 spiro atoms. The molecule has 1 N–H and O–H groups in total. The lowest BCUT2D eigenvalue weighted by molar-refractivity contribution is -0.144. The minimum atomic E-state index is -0.671. The van der Waals surface area contributed by atoms with Gasteiger partial charge < -0.3 is 19.7 Å². The van der Waals surface area contributed by atoms with Crippen molar-refractivity contribution in [3.8, 4) is 5.75 Å². The van der Waals surface area contributed by atoms with E-state index in [4.69, 9.17) is 9.47 Å². The fourth-order valence-corrected chi connectivity index (χ4v) is 3.91. The second-order valence-corrected chi connectivity index (χ2v) is 8.64. The minimum Gasteiger partial charge on any atom is -0.490 e. The topological polar surface area (TPSA) is 67.9 Å². The third kappa shape index (κ3) is 6.82. The van der Waals surface area contributed by atoms with Crippen LogP contribution in [0.25, 0.3) is 0 Å². The molecule has 0 aliphatic carbocycles. The van der Waals surface area contributed by atoms with Gasteiger partial charge in [0.05, 0.1) is 7.11 Å². The third-order valence-electron chi connectivity index (χ3n) is 5.92. The molecule has 0 bridgehead atoms. The van der Waals surface area contributed by atoms with Crippen molar-refractivity contribution in [2.24, 2.45) is 5.92 Å². The van der Waals surface area contributed by atoms with Gasteiger partial charge in [0.1, 0.15) is 17.9 Å². The molecule has 1 saturated heterocycles. The van der Waals surface area contributed by atoms with Gasteiger partial charge in [-0.25, -0.2) is 4.79 Å². The van der Waals surface area contributed by atoms with E-state index in [0.29, 0.717) is 5.56 Å². The normalized spacial score (nSPS) is 15.9. The van der Waals surface area contributed by atoms with Crippen molar-refractivity contribution < 1.29 is 19.1 Å². The maximum Gasteiger partial charge on any atom is 0.328 e. The number of rotatable bonds is 9. The molecule has 6 heteroatoms. The molecule has 0 saturated carbocycles. The summed E-state index contributed by atoms with van der Waals surface area (Å²) >= 11 is 0. The van der Waals surface area contributed by atoms with Crippen molar-refractivity contribution in [1.29, 1.82) is 0 Å². The molecule has 2 aromatic rings. The fraction of sp³-hybridized carbons (Fsp3) is 0.462. The first-order valence-corrected chi connectivity index (χ1v) is 11.4. The van der Waals surface area contributed by atoms with E-state index in [1.807, 2.05) is 26.0 Å². The number of nitrogens with zero attached hydrogens (tertiary/aromatic N) is 1. The standard InChI is InChI=1S/C26H34N2O4/c1-19(2)24(26(30)31-3)27-25(29)21-9-11-22(12-10-21)32-23-14-17-28(18-15-23)16-13-20-7-5-4-6-8-20/h4-12,19,23-24H,13-18H2,1-3H3,(H,27,29)/t24-/m0/s1. The molecule has 6 nitrogen and oxygen atoms in total. The highest BCUT2D eigenvalue weighted by Gasteiger charge is 2.25. The summed E-state index contributed by atoms with van der Waals surface area (Å²) in [5.74, 6) is -0.0407. The lowest BCUT2D eigenvalue weighted by Gasteiger charge is -2.32. The summed E-state index contributed by atoms with van der Waals surface area (Å²) < 4.78 is 10.9. The molecule has 1 fully saturated rings. The Morgan fingerprint density at radius 3 is 2.28 bits per heavy atom. The average molecular weight is 439 g/mol. The number of hydrogen-bond donors (Lipinski definition) is 1. The molecule has 2 aromatic carbocycles. The lowest BCUT2D eigenvalue weighted by Crippen LogP contribution is -2.45. The van der Waals surface area contributed by atoms with Gasteiger partial charge in [0.25, 0.3) is 5.91 Å². The first-order chi connectivity index (χ1) is 15.5. The molecular formula is C26H34N2O4. The maximum absolute atomic E-state index is 12.5. The van der Waals surface area contributed by atoms with Crippen molar-refractivity contribution >= 4 is 11.9 Å². The van der Waals surface area contributed by atoms with E-state index in [9.17, 15) is 9.59 Å². The number of hydrogen-bond acceptors (Lipinski definition) is 5. The van der Waals surface area contributed by atoms with Gasteiger partial charge in [-0.05, 0) is 55.0 Å². The number of amides is 1. The van der Waals surface area contributed by atoms with E-state index in [2.05, 4.69) is 40.5 Å². The Hall–Kier alpha value is -2.86. The zero-order chi connectivity index (χ0) is 22.9. The number of esters is 1. The van der Waals surface area contributed by atoms with Crippen LogP contribution in [0.4, 0.5) is 0 Å². The molecule has 1 atom stereocenters. The number of benzene rings is 2. The summed E-state index contributed by atoms with van der Waals surface area (Å²) in [5.41, 5.74) is 1.86. The van der Waals surface area contributed by atoms with Crippen LogP contribution in [0.1, 0.15) is 42.6 Å². The molecule has 1 aliphatic rings. The SMILES string of the molecule is COC(=O)[C@@H](NC(=O)c1ccc(OC2CCN(CCc3ccccc3)CC2)cc1)C(C)C. The summed E-state index contributed by atoms with van der Waals surface area (Å²) in [5, 5.41) is 2.75. The number of nitrogens with one attached hydrogen (secondary N) is 1. The predicted molar refractivity (Wildman–Crippen MR) is 125 cm³/mol. The zero-order valence-electron chi connectivity index (χ0n) is 19.3. The van der Waals surface area contributed by atoms with Crippen molar-refractivity contribution in [2.45, 2.75) is 45.3 Å². The molecule has 0 radical (unpaired) electrons. The fourth-order valence-electron chi connectivity index (χ4n) is 3.91. The minimum absolute atomic E-state index is 0.0624. The van der Waals surface area contributed by atoms with Crippen LogP contribution in [0.3, 0.4) is 0 Å². The van der Waals surface area contributed by atoms with Gasteiger partial charge in [-0.2, -0.15) is 0 Å². The molecule has 0 unspecified atom stereocenters. The van der Waals surface area contributed by atoms with E-state index in [1.165, 1.54) is 12.7 Å². The first-order valence-electron chi connectivity index (χ1n) is 11.4. The number of methoxy groups -OCH3 is 1. The smallest absolute Gasteiger partial charge is 0.328 e. The van der Waals surface area contributed by atoms with Gasteiger partial charge in [0, 0.05) is 25.2 Å². The summed E-state index contributed by atoms with van der Waals surface area (Å²) in [4.78, 5) is 26.9. The third-order valence-corrected chi connectivity index (χ3v) is 5.92. The number of ether oxygens (including phenoxy) is 2. The Morgan fingerprint density at radius 2 is 1.69 bits per heavy atom. The monoisotopic (exact) mass is 438 g/mol. The average Bonchev–Trinajstić information content (AvgIpc) is 2.82. The Bertz CT molecular complexity index is 859. The van der Waals surface area contributed by atoms with Crippen molar-refractivity contribution in [3.63, 3.8) is 0 Å². The zero-order valence-corrected chi connectivity index (χ0v) is 19.3. The number of carbonyl (C=O) groups excluding carboxylic acids is 2. The lowest BCUT2D eigenvalue weighted by atomic mass is 10.0. The van der Waals surface area contributed by atoms with Crippen LogP contribution >= 0.6 is 0 Å². The Balaban J connectivity index is 1.44. The molecule has 3 rings (SSSR count). The summed E-state index contributed by atoms with van der Waals surface area (Å²) in [6.45, 7) is 6.87. The second-order valence-electron chi connectivity index (χ2n) is 8.64. The number of piperidine rings is 1. The van der Waals surface area contributed by atoms with Crippen LogP contribution in [-0.4, -0.2) is 55.7 Å². The highest BCUT2D eigenvalue weighted by molar-refractivity contribution is 5.96. The van der Waals surface area contributed by atoms with Crippen molar-refractivity contribution in [1.82, 2.24) is 10.2 Å². The van der Waals surface area contributed by atoms with Crippen LogP contribution < -0.4 is 10.1 Å². The highest BCUT2D eigenvalue weighted by atomic mass is 16.5. The summed E-state index contributed by atoms with van der Waals surface area (Å²) in [7, 11) is 1.32. The predicted octanol–water partition coefficient (Wildman–Crippen LogP) is 3.70. The molecule has 172 valence electrons. The van der Waals surface area contributed by atoms with E-state index >= 15 is 0 Å². The van der Waals surface area contributed by atoms with Gasteiger partial charge >= 0.3 is 5.97 Å². The van der Waals surface area contributed by atoms with E-state index in [1.54, 1.807) is 12.1 Å². The number of likely N-dealkylation sites (tertiary alicyclic amines) is 1. The molecule has 32 heavy (non-hydrogen) atoms. The van der Waals surface area contributed by atoms with Crippen LogP contribution in [0.2, 0.25) is 0 Å². The van der Waals surface area contributed by atoms with Crippen LogP contribution in [-0.2, 0) is 16.0 Å². The molecule has 0 aromatic heterocycles. The molecule has 1 amide bonds. The number of carbonyl (C=O) groups is 2. The quantitative estimate of drug-likeness (QED) is 0.605. The van der Waals surface area contributed by atoms with Crippen LogP contribution in [0.5, 0.6) is 5.75 Å². The van der Waals surface area contributed by atoms with Gasteiger partial charge in [-0.15, -0.1) is 0 Å². The second kappa shape index (κ2) is 11.7. The van der Waals surface area contributed by atoms with Crippen molar-refractivity contribution in [2.75, 3.05) is 26.7 Å². The first kappa shape index (κ1) is 23.8. The Kier molecular flexibility index (Phi) is 8.68. The van der Waals surface area contributed by atoms with Crippen molar-refractivity contribution in [3.05, 3.63) is 65.7 Å². The Morgan fingerprint density at radius 1 is 1.03 bits per heavy atom. The molecular weight excluding hydrogens is 404 g/mol.